The van der Waals surface area contributed by atoms with E-state index in [0.717, 1.165) is 0 Å². The van der Waals surface area contributed by atoms with Crippen molar-refractivity contribution < 1.29 is 4.74 Å². The van der Waals surface area contributed by atoms with E-state index in [-0.39, 0.29) is 5.84 Å². The Labute approximate surface area is 95.3 Å². The SMILES string of the molecule is N=C(N)c1cccnc1OCC1CCCC1. The highest BCUT2D eigenvalue weighted by molar-refractivity contribution is 5.96. The summed E-state index contributed by atoms with van der Waals surface area (Å²) >= 11 is 0. The summed E-state index contributed by atoms with van der Waals surface area (Å²) in [6, 6.07) is 3.53. The van der Waals surface area contributed by atoms with Crippen LogP contribution in [0.1, 0.15) is 31.2 Å². The molecule has 0 atom stereocenters. The molecule has 0 unspecified atom stereocenters. The molecule has 0 amide bonds. The van der Waals surface area contributed by atoms with Gasteiger partial charge >= 0.3 is 0 Å². The zero-order valence-corrected chi connectivity index (χ0v) is 9.28. The maximum Gasteiger partial charge on any atom is 0.224 e. The van der Waals surface area contributed by atoms with E-state index in [2.05, 4.69) is 4.98 Å². The summed E-state index contributed by atoms with van der Waals surface area (Å²) in [6.07, 6.45) is 6.74. The van der Waals surface area contributed by atoms with Gasteiger partial charge < -0.3 is 10.5 Å². The molecule has 0 saturated heterocycles. The van der Waals surface area contributed by atoms with Crippen LogP contribution in [-0.4, -0.2) is 17.4 Å². The van der Waals surface area contributed by atoms with Gasteiger partial charge in [0.2, 0.25) is 5.88 Å². The Kier molecular flexibility index (Phi) is 3.39. The Morgan fingerprint density at radius 3 is 2.94 bits per heavy atom. The molecule has 0 spiro atoms. The molecule has 4 nitrogen and oxygen atoms in total. The smallest absolute Gasteiger partial charge is 0.224 e. The van der Waals surface area contributed by atoms with Gasteiger partial charge in [-0.25, -0.2) is 4.98 Å². The number of pyridine rings is 1. The lowest BCUT2D eigenvalue weighted by Crippen LogP contribution is -2.16. The van der Waals surface area contributed by atoms with E-state index in [9.17, 15) is 0 Å². The van der Waals surface area contributed by atoms with Crippen LogP contribution in [0.5, 0.6) is 5.88 Å². The number of nitrogens with two attached hydrogens (primary N) is 1. The average Bonchev–Trinajstić information content (AvgIpc) is 2.79. The van der Waals surface area contributed by atoms with Gasteiger partial charge in [-0.15, -0.1) is 0 Å². The number of rotatable bonds is 4. The molecule has 0 radical (unpaired) electrons. The summed E-state index contributed by atoms with van der Waals surface area (Å²) in [7, 11) is 0. The molecule has 2 rings (SSSR count). The van der Waals surface area contributed by atoms with Crippen LogP contribution in [0.25, 0.3) is 0 Å². The summed E-state index contributed by atoms with van der Waals surface area (Å²) < 4.78 is 5.65. The first kappa shape index (κ1) is 10.9. The molecule has 16 heavy (non-hydrogen) atoms. The second-order valence-corrected chi connectivity index (χ2v) is 4.23. The Morgan fingerprint density at radius 1 is 1.50 bits per heavy atom. The van der Waals surface area contributed by atoms with Gasteiger partial charge in [-0.1, -0.05) is 12.8 Å². The zero-order valence-electron chi connectivity index (χ0n) is 9.28. The molecule has 86 valence electrons. The summed E-state index contributed by atoms with van der Waals surface area (Å²) in [5.74, 6) is 1.14. The molecule has 1 aromatic heterocycles. The largest absolute Gasteiger partial charge is 0.477 e. The molecule has 4 heteroatoms. The van der Waals surface area contributed by atoms with Gasteiger partial charge in [0.15, 0.2) is 0 Å². The normalized spacial score (nSPS) is 16.2. The molecule has 1 aliphatic carbocycles. The molecule has 0 aromatic carbocycles. The first-order valence-corrected chi connectivity index (χ1v) is 5.69. The molecular formula is C12H17N3O. The minimum absolute atomic E-state index is 0.00882. The second-order valence-electron chi connectivity index (χ2n) is 4.23. The number of nitrogens with zero attached hydrogens (tertiary/aromatic N) is 1. The number of amidine groups is 1. The van der Waals surface area contributed by atoms with Crippen molar-refractivity contribution in [3.05, 3.63) is 23.9 Å². The van der Waals surface area contributed by atoms with Crippen LogP contribution in [0.15, 0.2) is 18.3 Å². The third-order valence-corrected chi connectivity index (χ3v) is 2.99. The Morgan fingerprint density at radius 2 is 2.25 bits per heavy atom. The molecule has 0 aliphatic heterocycles. The number of nitrogens with one attached hydrogen (secondary N) is 1. The van der Waals surface area contributed by atoms with Crippen LogP contribution in [0.2, 0.25) is 0 Å². The lowest BCUT2D eigenvalue weighted by molar-refractivity contribution is 0.243. The van der Waals surface area contributed by atoms with Crippen molar-refractivity contribution >= 4 is 5.84 Å². The molecule has 1 aliphatic rings. The first-order chi connectivity index (χ1) is 7.77. The monoisotopic (exact) mass is 219 g/mol. The fraction of sp³-hybridized carbons (Fsp3) is 0.500. The Balaban J connectivity index is 2.00. The topological polar surface area (TPSA) is 72.0 Å². The van der Waals surface area contributed by atoms with Gasteiger partial charge in [0.25, 0.3) is 0 Å². The van der Waals surface area contributed by atoms with Crippen LogP contribution < -0.4 is 10.5 Å². The molecule has 1 aromatic rings. The fourth-order valence-corrected chi connectivity index (χ4v) is 2.08. The lowest BCUT2D eigenvalue weighted by atomic mass is 10.1. The van der Waals surface area contributed by atoms with E-state index in [4.69, 9.17) is 15.9 Å². The van der Waals surface area contributed by atoms with Crippen molar-refractivity contribution in [2.75, 3.05) is 6.61 Å². The highest BCUT2D eigenvalue weighted by Gasteiger charge is 2.16. The van der Waals surface area contributed by atoms with Crippen LogP contribution in [0, 0.1) is 11.3 Å². The molecular weight excluding hydrogens is 202 g/mol. The van der Waals surface area contributed by atoms with Crippen LogP contribution in [-0.2, 0) is 0 Å². The lowest BCUT2D eigenvalue weighted by Gasteiger charge is -2.12. The van der Waals surface area contributed by atoms with Crippen LogP contribution in [0.3, 0.4) is 0 Å². The summed E-state index contributed by atoms with van der Waals surface area (Å²) in [4.78, 5) is 4.12. The van der Waals surface area contributed by atoms with Crippen molar-refractivity contribution in [3.8, 4) is 5.88 Å². The van der Waals surface area contributed by atoms with Gasteiger partial charge in [-0.2, -0.15) is 0 Å². The number of nitrogen functional groups attached to an aromatic ring is 1. The highest BCUT2D eigenvalue weighted by Crippen LogP contribution is 2.25. The van der Waals surface area contributed by atoms with Gasteiger partial charge in [0.05, 0.1) is 12.2 Å². The van der Waals surface area contributed by atoms with Crippen molar-refractivity contribution in [1.29, 1.82) is 5.41 Å². The van der Waals surface area contributed by atoms with Gasteiger partial charge in [0, 0.05) is 6.20 Å². The van der Waals surface area contributed by atoms with E-state index in [1.807, 2.05) is 0 Å². The number of aromatic nitrogens is 1. The zero-order chi connectivity index (χ0) is 11.4. The van der Waals surface area contributed by atoms with Crippen molar-refractivity contribution in [2.45, 2.75) is 25.7 Å². The maximum absolute atomic E-state index is 7.42. The molecule has 0 bridgehead atoms. The van der Waals surface area contributed by atoms with Crippen LogP contribution >= 0.6 is 0 Å². The summed E-state index contributed by atoms with van der Waals surface area (Å²) in [6.45, 7) is 0.692. The van der Waals surface area contributed by atoms with E-state index < -0.39 is 0 Å². The molecule has 1 fully saturated rings. The number of ether oxygens (including phenoxy) is 1. The summed E-state index contributed by atoms with van der Waals surface area (Å²) in [5.41, 5.74) is 6.05. The number of hydrogen-bond donors (Lipinski definition) is 2. The maximum atomic E-state index is 7.42. The number of hydrogen-bond acceptors (Lipinski definition) is 3. The predicted octanol–water partition coefficient (Wildman–Crippen LogP) is 1.93. The minimum atomic E-state index is 0.00882. The minimum Gasteiger partial charge on any atom is -0.477 e. The van der Waals surface area contributed by atoms with Crippen LogP contribution in [0.4, 0.5) is 0 Å². The van der Waals surface area contributed by atoms with E-state index in [1.54, 1.807) is 18.3 Å². The van der Waals surface area contributed by atoms with Crippen molar-refractivity contribution in [1.82, 2.24) is 4.98 Å². The van der Waals surface area contributed by atoms with E-state index >= 15 is 0 Å². The van der Waals surface area contributed by atoms with E-state index in [0.29, 0.717) is 24.0 Å². The third-order valence-electron chi connectivity index (χ3n) is 2.99. The summed E-state index contributed by atoms with van der Waals surface area (Å²) in [5, 5.41) is 7.42. The van der Waals surface area contributed by atoms with Gasteiger partial charge in [-0.05, 0) is 30.9 Å². The fourth-order valence-electron chi connectivity index (χ4n) is 2.08. The van der Waals surface area contributed by atoms with Crippen molar-refractivity contribution in [3.63, 3.8) is 0 Å². The average molecular weight is 219 g/mol. The Hall–Kier alpha value is -1.58. The standard InChI is InChI=1S/C12H17N3O/c13-11(14)10-6-3-7-15-12(10)16-8-9-4-1-2-5-9/h3,6-7,9H,1-2,4-5,8H2,(H3,13,14). The van der Waals surface area contributed by atoms with Gasteiger partial charge in [-0.3, -0.25) is 5.41 Å². The Bertz CT molecular complexity index is 372. The predicted molar refractivity (Wildman–Crippen MR) is 62.7 cm³/mol. The second kappa shape index (κ2) is 4.96. The molecule has 3 N–H and O–H groups in total. The highest BCUT2D eigenvalue weighted by atomic mass is 16.5. The third kappa shape index (κ3) is 2.51. The van der Waals surface area contributed by atoms with Crippen molar-refractivity contribution in [2.24, 2.45) is 11.7 Å². The van der Waals surface area contributed by atoms with Gasteiger partial charge in [0.1, 0.15) is 5.84 Å². The first-order valence-electron chi connectivity index (χ1n) is 5.69. The molecule has 1 heterocycles. The molecule has 1 saturated carbocycles. The van der Waals surface area contributed by atoms with E-state index in [1.165, 1.54) is 25.7 Å². The quantitative estimate of drug-likeness (QED) is 0.600.